The number of ether oxygens (including phenoxy) is 1. The van der Waals surface area contributed by atoms with Crippen LogP contribution in [0.25, 0.3) is 0 Å². The van der Waals surface area contributed by atoms with Gasteiger partial charge in [0.1, 0.15) is 0 Å². The third kappa shape index (κ3) is 0.825. The highest BCUT2D eigenvalue weighted by molar-refractivity contribution is 5.77. The maximum Gasteiger partial charge on any atom is 0.309 e. The minimum atomic E-state index is -0.0579. The highest BCUT2D eigenvalue weighted by Gasteiger charge is 2.59. The van der Waals surface area contributed by atoms with Crippen molar-refractivity contribution in [2.45, 2.75) is 20.8 Å². The molecule has 0 aromatic rings. The molecular weight excluding hydrogens is 128 g/mol. The van der Waals surface area contributed by atoms with Gasteiger partial charge in [-0.15, -0.1) is 0 Å². The first-order valence-corrected chi connectivity index (χ1v) is 3.59. The Labute approximate surface area is 61.6 Å². The molecule has 1 aliphatic carbocycles. The van der Waals surface area contributed by atoms with E-state index in [-0.39, 0.29) is 17.3 Å². The molecule has 0 saturated heterocycles. The lowest BCUT2D eigenvalue weighted by Gasteiger charge is -1.99. The molecule has 1 fully saturated rings. The first kappa shape index (κ1) is 7.58. The Morgan fingerprint density at radius 2 is 1.90 bits per heavy atom. The van der Waals surface area contributed by atoms with Gasteiger partial charge in [0.2, 0.25) is 0 Å². The van der Waals surface area contributed by atoms with E-state index in [4.69, 9.17) is 0 Å². The summed E-state index contributed by atoms with van der Waals surface area (Å²) >= 11 is 0. The summed E-state index contributed by atoms with van der Waals surface area (Å²) in [5.74, 6) is 0.565. The highest BCUT2D eigenvalue weighted by Crippen LogP contribution is 2.58. The van der Waals surface area contributed by atoms with Crippen LogP contribution in [-0.4, -0.2) is 13.1 Å². The molecule has 2 atom stereocenters. The molecule has 0 spiro atoms. The minimum absolute atomic E-state index is 0.0579. The molecule has 2 heteroatoms. The van der Waals surface area contributed by atoms with Crippen molar-refractivity contribution in [1.82, 2.24) is 0 Å². The van der Waals surface area contributed by atoms with Crippen molar-refractivity contribution < 1.29 is 9.53 Å². The zero-order chi connectivity index (χ0) is 7.94. The van der Waals surface area contributed by atoms with Crippen molar-refractivity contribution in [3.05, 3.63) is 0 Å². The average Bonchev–Trinajstić information content (AvgIpc) is 2.33. The number of carbonyl (C=O) groups excluding carboxylic acids is 1. The smallest absolute Gasteiger partial charge is 0.309 e. The largest absolute Gasteiger partial charge is 0.469 e. The molecule has 0 unspecified atom stereocenters. The normalized spacial score (nSPS) is 35.2. The molecule has 0 aliphatic heterocycles. The summed E-state index contributed by atoms with van der Waals surface area (Å²) in [5, 5.41) is 0. The molecular formula is C8H14O2. The predicted molar refractivity (Wildman–Crippen MR) is 38.5 cm³/mol. The van der Waals surface area contributed by atoms with Crippen molar-refractivity contribution in [2.24, 2.45) is 17.3 Å². The van der Waals surface area contributed by atoms with E-state index >= 15 is 0 Å². The first-order valence-electron chi connectivity index (χ1n) is 3.59. The predicted octanol–water partition coefficient (Wildman–Crippen LogP) is 1.45. The standard InChI is InChI=1S/C8H14O2/c1-5-6(7(9)10-4)8(5,2)3/h5-6H,1-4H3/t5-,6-/m1/s1. The van der Waals surface area contributed by atoms with Crippen molar-refractivity contribution in [3.8, 4) is 0 Å². The lowest BCUT2D eigenvalue weighted by atomic mass is 10.1. The number of esters is 1. The van der Waals surface area contributed by atoms with Crippen LogP contribution < -0.4 is 0 Å². The molecule has 10 heavy (non-hydrogen) atoms. The van der Waals surface area contributed by atoms with E-state index < -0.39 is 0 Å². The van der Waals surface area contributed by atoms with Crippen LogP contribution in [-0.2, 0) is 9.53 Å². The summed E-state index contributed by atoms with van der Waals surface area (Å²) in [6, 6.07) is 0. The fraction of sp³-hybridized carbons (Fsp3) is 0.875. The van der Waals surface area contributed by atoms with Gasteiger partial charge >= 0.3 is 5.97 Å². The van der Waals surface area contributed by atoms with Crippen LogP contribution >= 0.6 is 0 Å². The van der Waals surface area contributed by atoms with Crippen molar-refractivity contribution in [3.63, 3.8) is 0 Å². The third-order valence-corrected chi connectivity index (χ3v) is 2.82. The molecule has 58 valence electrons. The van der Waals surface area contributed by atoms with E-state index in [1.165, 1.54) is 7.11 Å². The third-order valence-electron chi connectivity index (χ3n) is 2.82. The van der Waals surface area contributed by atoms with Gasteiger partial charge in [-0.05, 0) is 11.3 Å². The molecule has 0 aromatic carbocycles. The summed E-state index contributed by atoms with van der Waals surface area (Å²) in [6.07, 6.45) is 0. The maximum atomic E-state index is 11.0. The Balaban J connectivity index is 2.57. The van der Waals surface area contributed by atoms with Crippen molar-refractivity contribution in [1.29, 1.82) is 0 Å². The summed E-state index contributed by atoms with van der Waals surface area (Å²) in [4.78, 5) is 11.0. The fourth-order valence-corrected chi connectivity index (χ4v) is 1.53. The lowest BCUT2D eigenvalue weighted by Crippen LogP contribution is -2.07. The highest BCUT2D eigenvalue weighted by atomic mass is 16.5. The van der Waals surface area contributed by atoms with Crippen LogP contribution in [0.3, 0.4) is 0 Å². The number of hydrogen-bond acceptors (Lipinski definition) is 2. The van der Waals surface area contributed by atoms with Crippen molar-refractivity contribution in [2.75, 3.05) is 7.11 Å². The molecule has 1 rings (SSSR count). The second-order valence-corrected chi connectivity index (χ2v) is 3.61. The molecule has 0 aromatic heterocycles. The Hall–Kier alpha value is -0.530. The van der Waals surface area contributed by atoms with Crippen LogP contribution in [0, 0.1) is 17.3 Å². The second kappa shape index (κ2) is 1.97. The molecule has 1 aliphatic rings. The van der Waals surface area contributed by atoms with Gasteiger partial charge in [-0.2, -0.15) is 0 Å². The zero-order valence-electron chi connectivity index (χ0n) is 6.97. The van der Waals surface area contributed by atoms with Gasteiger partial charge in [0.05, 0.1) is 13.0 Å². The Morgan fingerprint density at radius 3 is 2.00 bits per heavy atom. The van der Waals surface area contributed by atoms with Crippen LogP contribution in [0.4, 0.5) is 0 Å². The summed E-state index contributed by atoms with van der Waals surface area (Å²) < 4.78 is 4.64. The van der Waals surface area contributed by atoms with Crippen LogP contribution in [0.2, 0.25) is 0 Å². The maximum absolute atomic E-state index is 11.0. The number of hydrogen-bond donors (Lipinski definition) is 0. The molecule has 0 N–H and O–H groups in total. The fourth-order valence-electron chi connectivity index (χ4n) is 1.53. The van der Waals surface area contributed by atoms with Gasteiger partial charge < -0.3 is 4.74 Å². The average molecular weight is 142 g/mol. The van der Waals surface area contributed by atoms with Crippen LogP contribution in [0.1, 0.15) is 20.8 Å². The molecule has 0 heterocycles. The molecule has 0 bridgehead atoms. The minimum Gasteiger partial charge on any atom is -0.469 e. The van der Waals surface area contributed by atoms with E-state index in [0.29, 0.717) is 5.92 Å². The number of carbonyl (C=O) groups is 1. The summed E-state index contributed by atoms with van der Waals surface area (Å²) in [6.45, 7) is 6.28. The quantitative estimate of drug-likeness (QED) is 0.518. The van der Waals surface area contributed by atoms with Crippen LogP contribution in [0.15, 0.2) is 0 Å². The van der Waals surface area contributed by atoms with Gasteiger partial charge in [0, 0.05) is 0 Å². The van der Waals surface area contributed by atoms with Gasteiger partial charge in [-0.25, -0.2) is 0 Å². The van der Waals surface area contributed by atoms with Crippen LogP contribution in [0.5, 0.6) is 0 Å². The Bertz CT molecular complexity index is 161. The Kier molecular flexibility index (Phi) is 1.50. The van der Waals surface area contributed by atoms with Gasteiger partial charge in [0.25, 0.3) is 0 Å². The molecule has 1 saturated carbocycles. The molecule has 0 radical (unpaired) electrons. The van der Waals surface area contributed by atoms with E-state index in [1.54, 1.807) is 0 Å². The zero-order valence-corrected chi connectivity index (χ0v) is 6.97. The lowest BCUT2D eigenvalue weighted by molar-refractivity contribution is -0.143. The van der Waals surface area contributed by atoms with Gasteiger partial charge in [-0.3, -0.25) is 4.79 Å². The SMILES string of the molecule is COC(=O)[C@H]1[C@@H](C)C1(C)C. The monoisotopic (exact) mass is 142 g/mol. The van der Waals surface area contributed by atoms with E-state index in [2.05, 4.69) is 25.5 Å². The molecule has 2 nitrogen and oxygen atoms in total. The topological polar surface area (TPSA) is 26.3 Å². The Morgan fingerprint density at radius 1 is 1.50 bits per heavy atom. The first-order chi connectivity index (χ1) is 4.51. The number of methoxy groups -OCH3 is 1. The second-order valence-electron chi connectivity index (χ2n) is 3.61. The van der Waals surface area contributed by atoms with E-state index in [9.17, 15) is 4.79 Å². The van der Waals surface area contributed by atoms with Gasteiger partial charge in [0.15, 0.2) is 0 Å². The van der Waals surface area contributed by atoms with Crippen molar-refractivity contribution >= 4 is 5.97 Å². The summed E-state index contributed by atoms with van der Waals surface area (Å²) in [5.41, 5.74) is 0.174. The molecule has 0 amide bonds. The van der Waals surface area contributed by atoms with E-state index in [0.717, 1.165) is 0 Å². The van der Waals surface area contributed by atoms with E-state index in [1.807, 2.05) is 0 Å². The van der Waals surface area contributed by atoms with Gasteiger partial charge in [-0.1, -0.05) is 20.8 Å². The summed E-state index contributed by atoms with van der Waals surface area (Å²) in [7, 11) is 1.45. The number of rotatable bonds is 1.